The van der Waals surface area contributed by atoms with Crippen molar-refractivity contribution in [3.63, 3.8) is 0 Å². The minimum Gasteiger partial charge on any atom is -0.349 e. The molecule has 0 aliphatic heterocycles. The van der Waals surface area contributed by atoms with E-state index in [2.05, 4.69) is 10.1 Å². The maximum atomic E-state index is 10.7. The fourth-order valence-corrected chi connectivity index (χ4v) is 1.40. The van der Waals surface area contributed by atoms with Gasteiger partial charge in [0.25, 0.3) is 0 Å². The van der Waals surface area contributed by atoms with Crippen molar-refractivity contribution < 1.29 is 9.59 Å². The van der Waals surface area contributed by atoms with Gasteiger partial charge in [0.05, 0.1) is 28.5 Å². The summed E-state index contributed by atoms with van der Waals surface area (Å²) in [6.45, 7) is 0. The number of nitrogens with one attached hydrogen (secondary N) is 1. The molecule has 2 rings (SSSR count). The lowest BCUT2D eigenvalue weighted by Crippen LogP contribution is -1.94. The van der Waals surface area contributed by atoms with Crippen molar-refractivity contribution in [3.05, 3.63) is 17.5 Å². The Labute approximate surface area is 73.3 Å². The van der Waals surface area contributed by atoms with E-state index in [0.29, 0.717) is 34.9 Å². The summed E-state index contributed by atoms with van der Waals surface area (Å²) >= 11 is 0. The predicted octanol–water partition coefficient (Wildman–Crippen LogP) is 0.526. The summed E-state index contributed by atoms with van der Waals surface area (Å²) in [4.78, 5) is 24.0. The Morgan fingerprint density at radius 1 is 1.46 bits per heavy atom. The Morgan fingerprint density at radius 3 is 2.85 bits per heavy atom. The molecule has 0 unspecified atom stereocenters. The molecule has 13 heavy (non-hydrogen) atoms. The molecule has 2 aromatic rings. The van der Waals surface area contributed by atoms with E-state index >= 15 is 0 Å². The summed E-state index contributed by atoms with van der Waals surface area (Å²) in [6.07, 6.45) is 2.86. The van der Waals surface area contributed by atoms with Crippen molar-refractivity contribution >= 4 is 23.6 Å². The smallest absolute Gasteiger partial charge is 0.167 e. The van der Waals surface area contributed by atoms with Crippen LogP contribution >= 0.6 is 0 Å². The van der Waals surface area contributed by atoms with Gasteiger partial charge in [-0.3, -0.25) is 14.3 Å². The summed E-state index contributed by atoms with van der Waals surface area (Å²) in [5.41, 5.74) is 2.03. The second-order valence-corrected chi connectivity index (χ2v) is 2.72. The minimum atomic E-state index is 0.304. The monoisotopic (exact) mass is 177 g/mol. The third-order valence-corrected chi connectivity index (χ3v) is 1.99. The van der Waals surface area contributed by atoms with Gasteiger partial charge in [-0.25, -0.2) is 0 Å². The average molecular weight is 177 g/mol. The van der Waals surface area contributed by atoms with Crippen LogP contribution in [0.1, 0.15) is 20.8 Å². The molecule has 66 valence electrons. The zero-order chi connectivity index (χ0) is 9.42. The Morgan fingerprint density at radius 2 is 2.23 bits per heavy atom. The number of carbonyl (C=O) groups excluding carboxylic acids is 2. The lowest BCUT2D eigenvalue weighted by Gasteiger charge is -1.90. The van der Waals surface area contributed by atoms with Gasteiger partial charge in [-0.05, 0) is 0 Å². The Balaban J connectivity index is 2.91. The lowest BCUT2D eigenvalue weighted by atomic mass is 10.2. The van der Waals surface area contributed by atoms with E-state index < -0.39 is 0 Å². The largest absolute Gasteiger partial charge is 0.349 e. The first-order valence-corrected chi connectivity index (χ1v) is 3.72. The highest BCUT2D eigenvalue weighted by Crippen LogP contribution is 2.18. The number of aryl methyl sites for hydroxylation is 1. The quantitative estimate of drug-likeness (QED) is 0.680. The molecular formula is C8H7N3O2. The molecule has 0 radical (unpaired) electrons. The fraction of sp³-hybridized carbons (Fsp3) is 0.125. The van der Waals surface area contributed by atoms with Crippen molar-refractivity contribution in [3.8, 4) is 0 Å². The molecule has 0 aromatic carbocycles. The number of aromatic nitrogens is 3. The normalized spacial score (nSPS) is 10.5. The van der Waals surface area contributed by atoms with Crippen LogP contribution in [0.2, 0.25) is 0 Å². The van der Waals surface area contributed by atoms with Crippen LogP contribution in [-0.4, -0.2) is 27.3 Å². The van der Waals surface area contributed by atoms with E-state index in [1.165, 1.54) is 0 Å². The summed E-state index contributed by atoms with van der Waals surface area (Å²) in [5.74, 6) is 0. The van der Waals surface area contributed by atoms with Gasteiger partial charge >= 0.3 is 0 Å². The van der Waals surface area contributed by atoms with Gasteiger partial charge in [0.2, 0.25) is 0 Å². The van der Waals surface area contributed by atoms with E-state index in [-0.39, 0.29) is 0 Å². The van der Waals surface area contributed by atoms with E-state index in [1.807, 2.05) is 0 Å². The number of fused-ring (bicyclic) bond motifs is 1. The molecule has 2 heterocycles. The topological polar surface area (TPSA) is 67.8 Å². The van der Waals surface area contributed by atoms with Crippen LogP contribution < -0.4 is 0 Å². The van der Waals surface area contributed by atoms with Crippen LogP contribution in [-0.2, 0) is 7.05 Å². The van der Waals surface area contributed by atoms with Gasteiger partial charge in [0.15, 0.2) is 12.6 Å². The van der Waals surface area contributed by atoms with Gasteiger partial charge < -0.3 is 4.98 Å². The zero-order valence-electron chi connectivity index (χ0n) is 6.94. The molecule has 0 saturated heterocycles. The van der Waals surface area contributed by atoms with Crippen LogP contribution in [0.15, 0.2) is 6.20 Å². The molecule has 0 bridgehead atoms. The van der Waals surface area contributed by atoms with Gasteiger partial charge in [-0.15, -0.1) is 0 Å². The number of hydrogen-bond acceptors (Lipinski definition) is 3. The van der Waals surface area contributed by atoms with Gasteiger partial charge in [-0.1, -0.05) is 0 Å². The average Bonchev–Trinajstić information content (AvgIpc) is 2.65. The van der Waals surface area contributed by atoms with E-state index in [1.54, 1.807) is 17.9 Å². The molecule has 2 aromatic heterocycles. The zero-order valence-corrected chi connectivity index (χ0v) is 6.94. The second kappa shape index (κ2) is 2.55. The van der Waals surface area contributed by atoms with Crippen molar-refractivity contribution in [2.75, 3.05) is 0 Å². The number of carbonyl (C=O) groups is 2. The second-order valence-electron chi connectivity index (χ2n) is 2.72. The molecule has 0 amide bonds. The van der Waals surface area contributed by atoms with Crippen LogP contribution in [0.3, 0.4) is 0 Å². The molecule has 0 fully saturated rings. The molecule has 0 saturated carbocycles. The van der Waals surface area contributed by atoms with Gasteiger partial charge in [0.1, 0.15) is 0 Å². The van der Waals surface area contributed by atoms with Crippen LogP contribution in [0.4, 0.5) is 0 Å². The third-order valence-electron chi connectivity index (χ3n) is 1.99. The highest BCUT2D eigenvalue weighted by molar-refractivity contribution is 6.02. The first-order valence-electron chi connectivity index (χ1n) is 3.72. The fourth-order valence-electron chi connectivity index (χ4n) is 1.40. The van der Waals surface area contributed by atoms with Crippen molar-refractivity contribution in [2.24, 2.45) is 7.05 Å². The predicted molar refractivity (Wildman–Crippen MR) is 45.8 cm³/mol. The number of H-pyrrole nitrogens is 1. The lowest BCUT2D eigenvalue weighted by molar-refractivity contribution is 0.109. The SMILES string of the molecule is Cn1ncc2[nH]c(C=O)c(C=O)c21. The third kappa shape index (κ3) is 0.900. The molecule has 0 aliphatic carbocycles. The van der Waals surface area contributed by atoms with Crippen LogP contribution in [0.5, 0.6) is 0 Å². The van der Waals surface area contributed by atoms with Crippen molar-refractivity contribution in [2.45, 2.75) is 0 Å². The van der Waals surface area contributed by atoms with Gasteiger partial charge in [-0.2, -0.15) is 5.10 Å². The summed E-state index contributed by atoms with van der Waals surface area (Å²) in [5, 5.41) is 3.95. The first-order chi connectivity index (χ1) is 6.27. The summed E-state index contributed by atoms with van der Waals surface area (Å²) in [6, 6.07) is 0. The molecule has 5 nitrogen and oxygen atoms in total. The molecular weight excluding hydrogens is 170 g/mol. The van der Waals surface area contributed by atoms with Crippen LogP contribution in [0, 0.1) is 0 Å². The Kier molecular flexibility index (Phi) is 1.51. The van der Waals surface area contributed by atoms with E-state index in [4.69, 9.17) is 0 Å². The molecule has 0 spiro atoms. The Hall–Kier alpha value is -1.91. The van der Waals surface area contributed by atoms with Gasteiger partial charge in [0, 0.05) is 7.05 Å². The minimum absolute atomic E-state index is 0.304. The standard InChI is InChI=1S/C8H7N3O2/c1-11-8-5(3-12)7(4-13)10-6(8)2-9-11/h2-4,10H,1H3. The summed E-state index contributed by atoms with van der Waals surface area (Å²) < 4.78 is 1.56. The van der Waals surface area contributed by atoms with Crippen molar-refractivity contribution in [1.29, 1.82) is 0 Å². The van der Waals surface area contributed by atoms with E-state index in [9.17, 15) is 9.59 Å². The molecule has 1 N–H and O–H groups in total. The maximum absolute atomic E-state index is 10.7. The molecule has 0 atom stereocenters. The van der Waals surface area contributed by atoms with Crippen molar-refractivity contribution in [1.82, 2.24) is 14.8 Å². The Bertz CT molecular complexity index is 481. The number of hydrogen-bond donors (Lipinski definition) is 1. The molecule has 0 aliphatic rings. The number of aldehydes is 2. The van der Waals surface area contributed by atoms with E-state index in [0.717, 1.165) is 0 Å². The number of rotatable bonds is 2. The summed E-state index contributed by atoms with van der Waals surface area (Å²) in [7, 11) is 1.72. The first kappa shape index (κ1) is 7.72. The maximum Gasteiger partial charge on any atom is 0.167 e. The molecule has 5 heteroatoms. The number of nitrogens with zero attached hydrogens (tertiary/aromatic N) is 2. The van der Waals surface area contributed by atoms with Crippen LogP contribution in [0.25, 0.3) is 11.0 Å². The highest BCUT2D eigenvalue weighted by atomic mass is 16.1. The highest BCUT2D eigenvalue weighted by Gasteiger charge is 2.13. The number of aromatic amines is 1.